The van der Waals surface area contributed by atoms with Gasteiger partial charge in [0.2, 0.25) is 0 Å². The summed E-state index contributed by atoms with van der Waals surface area (Å²) in [7, 11) is 0. The van der Waals surface area contributed by atoms with Crippen molar-refractivity contribution in [2.75, 3.05) is 31.6 Å². The molecule has 0 aromatic rings. The average Bonchev–Trinajstić information content (AvgIpc) is 2.53. The second-order valence-corrected chi connectivity index (χ2v) is 8.15. The summed E-state index contributed by atoms with van der Waals surface area (Å²) in [5.41, 5.74) is 0. The van der Waals surface area contributed by atoms with Crippen LogP contribution in [-0.4, -0.2) is 48.6 Å². The summed E-state index contributed by atoms with van der Waals surface area (Å²) in [5, 5.41) is 3.84. The Hall–Kier alpha value is 0.270. The molecule has 1 saturated carbocycles. The summed E-state index contributed by atoms with van der Waals surface area (Å²) in [6.07, 6.45) is 15.2. The summed E-state index contributed by atoms with van der Waals surface area (Å²) in [6, 6.07) is 1.51. The maximum atomic E-state index is 3.84. The minimum atomic E-state index is 0.732. The van der Waals surface area contributed by atoms with E-state index in [4.69, 9.17) is 0 Å². The standard InChI is InChI=1S/C18H36N2S/c1-16-14-19-18(17-10-6-5-7-11-17)15-20(16)12-8-3-4-9-13-21-2/h16-19H,3-15H2,1-2H3. The average molecular weight is 313 g/mol. The van der Waals surface area contributed by atoms with Gasteiger partial charge < -0.3 is 5.32 Å². The van der Waals surface area contributed by atoms with Crippen LogP contribution in [0.5, 0.6) is 0 Å². The van der Waals surface area contributed by atoms with Crippen molar-refractivity contribution < 1.29 is 0 Å². The lowest BCUT2D eigenvalue weighted by Gasteiger charge is -2.43. The predicted molar refractivity (Wildman–Crippen MR) is 96.3 cm³/mol. The van der Waals surface area contributed by atoms with Crippen LogP contribution in [0.25, 0.3) is 0 Å². The van der Waals surface area contributed by atoms with Gasteiger partial charge in [0, 0.05) is 25.2 Å². The van der Waals surface area contributed by atoms with Crippen molar-refractivity contribution in [2.45, 2.75) is 76.8 Å². The zero-order valence-corrected chi connectivity index (χ0v) is 15.1. The van der Waals surface area contributed by atoms with E-state index in [2.05, 4.69) is 23.4 Å². The second-order valence-electron chi connectivity index (χ2n) is 7.16. The van der Waals surface area contributed by atoms with Crippen LogP contribution in [0.1, 0.15) is 64.7 Å². The van der Waals surface area contributed by atoms with Crippen molar-refractivity contribution in [1.82, 2.24) is 10.2 Å². The number of nitrogens with one attached hydrogen (secondary N) is 1. The molecule has 2 atom stereocenters. The van der Waals surface area contributed by atoms with Crippen molar-refractivity contribution in [3.63, 3.8) is 0 Å². The van der Waals surface area contributed by atoms with E-state index in [1.807, 2.05) is 11.8 Å². The molecule has 2 aliphatic rings. The van der Waals surface area contributed by atoms with Crippen molar-refractivity contribution in [1.29, 1.82) is 0 Å². The third kappa shape index (κ3) is 6.11. The zero-order valence-electron chi connectivity index (χ0n) is 14.3. The van der Waals surface area contributed by atoms with E-state index in [1.165, 1.54) is 83.2 Å². The summed E-state index contributed by atoms with van der Waals surface area (Å²) in [5.74, 6) is 2.30. The van der Waals surface area contributed by atoms with Gasteiger partial charge in [-0.2, -0.15) is 11.8 Å². The first-order valence-corrected chi connectivity index (χ1v) is 10.7. The van der Waals surface area contributed by atoms with Gasteiger partial charge in [-0.25, -0.2) is 0 Å². The minimum absolute atomic E-state index is 0.732. The molecule has 0 radical (unpaired) electrons. The number of hydrogen-bond donors (Lipinski definition) is 1. The Balaban J connectivity index is 1.65. The fraction of sp³-hybridized carbons (Fsp3) is 1.00. The third-order valence-corrected chi connectivity index (χ3v) is 6.19. The molecule has 0 bridgehead atoms. The normalized spacial score (nSPS) is 28.9. The number of hydrogen-bond acceptors (Lipinski definition) is 3. The van der Waals surface area contributed by atoms with E-state index in [9.17, 15) is 0 Å². The molecule has 21 heavy (non-hydrogen) atoms. The molecule has 2 unspecified atom stereocenters. The van der Waals surface area contributed by atoms with Gasteiger partial charge in [0.15, 0.2) is 0 Å². The molecule has 2 fully saturated rings. The number of thioether (sulfide) groups is 1. The Morgan fingerprint density at radius 2 is 1.81 bits per heavy atom. The van der Waals surface area contributed by atoms with Crippen LogP contribution in [0.15, 0.2) is 0 Å². The highest BCUT2D eigenvalue weighted by Gasteiger charge is 2.30. The van der Waals surface area contributed by atoms with Crippen LogP contribution in [0.2, 0.25) is 0 Å². The van der Waals surface area contributed by atoms with Gasteiger partial charge in [-0.05, 0) is 57.1 Å². The predicted octanol–water partition coefficient (Wildman–Crippen LogP) is 4.15. The van der Waals surface area contributed by atoms with E-state index >= 15 is 0 Å². The molecule has 1 aliphatic heterocycles. The molecule has 0 aromatic carbocycles. The molecule has 2 nitrogen and oxygen atoms in total. The van der Waals surface area contributed by atoms with E-state index in [-0.39, 0.29) is 0 Å². The quantitative estimate of drug-likeness (QED) is 0.678. The maximum Gasteiger partial charge on any atom is 0.0224 e. The van der Waals surface area contributed by atoms with E-state index in [0.29, 0.717) is 0 Å². The van der Waals surface area contributed by atoms with Crippen molar-refractivity contribution in [2.24, 2.45) is 5.92 Å². The first kappa shape index (κ1) is 17.6. The van der Waals surface area contributed by atoms with Gasteiger partial charge in [-0.1, -0.05) is 32.1 Å². The van der Waals surface area contributed by atoms with Gasteiger partial charge in [0.1, 0.15) is 0 Å². The number of unbranched alkanes of at least 4 members (excludes halogenated alkanes) is 3. The Kier molecular flexibility index (Phi) is 8.49. The SMILES string of the molecule is CSCCCCCCN1CC(C2CCCCC2)NCC1C. The van der Waals surface area contributed by atoms with Gasteiger partial charge in [0.05, 0.1) is 0 Å². The fourth-order valence-electron chi connectivity index (χ4n) is 4.03. The lowest BCUT2D eigenvalue weighted by atomic mass is 9.82. The topological polar surface area (TPSA) is 15.3 Å². The first-order valence-electron chi connectivity index (χ1n) is 9.27. The smallest absolute Gasteiger partial charge is 0.0224 e. The van der Waals surface area contributed by atoms with Crippen molar-refractivity contribution >= 4 is 11.8 Å². The maximum absolute atomic E-state index is 3.84. The summed E-state index contributed by atoms with van der Waals surface area (Å²) < 4.78 is 0. The van der Waals surface area contributed by atoms with Crippen LogP contribution < -0.4 is 5.32 Å². The Morgan fingerprint density at radius 1 is 1.05 bits per heavy atom. The fourth-order valence-corrected chi connectivity index (χ4v) is 4.52. The molecule has 1 N–H and O–H groups in total. The first-order chi connectivity index (χ1) is 10.3. The molecule has 1 aliphatic carbocycles. The largest absolute Gasteiger partial charge is 0.311 e. The molecule has 2 rings (SSSR count). The molecular formula is C18H36N2S. The summed E-state index contributed by atoms with van der Waals surface area (Å²) in [4.78, 5) is 2.77. The Morgan fingerprint density at radius 3 is 2.57 bits per heavy atom. The van der Waals surface area contributed by atoms with Gasteiger partial charge in [-0.3, -0.25) is 4.90 Å². The molecule has 1 saturated heterocycles. The van der Waals surface area contributed by atoms with Gasteiger partial charge in [-0.15, -0.1) is 0 Å². The summed E-state index contributed by atoms with van der Waals surface area (Å²) in [6.45, 7) is 6.23. The Labute approximate surface area is 136 Å². The highest BCUT2D eigenvalue weighted by atomic mass is 32.2. The lowest BCUT2D eigenvalue weighted by Crippen LogP contribution is -2.58. The molecular weight excluding hydrogens is 276 g/mol. The van der Waals surface area contributed by atoms with Crippen molar-refractivity contribution in [3.8, 4) is 0 Å². The zero-order chi connectivity index (χ0) is 14.9. The van der Waals surface area contributed by atoms with Crippen LogP contribution >= 0.6 is 11.8 Å². The molecule has 3 heteroatoms. The molecule has 1 heterocycles. The molecule has 0 spiro atoms. The van der Waals surface area contributed by atoms with E-state index in [0.717, 1.165) is 18.0 Å². The van der Waals surface area contributed by atoms with Crippen LogP contribution in [0.4, 0.5) is 0 Å². The van der Waals surface area contributed by atoms with Gasteiger partial charge >= 0.3 is 0 Å². The number of nitrogens with zero attached hydrogens (tertiary/aromatic N) is 1. The second kappa shape index (κ2) is 10.1. The molecule has 124 valence electrons. The van der Waals surface area contributed by atoms with Gasteiger partial charge in [0.25, 0.3) is 0 Å². The highest BCUT2D eigenvalue weighted by Crippen LogP contribution is 2.28. The molecule has 0 amide bonds. The van der Waals surface area contributed by atoms with Crippen LogP contribution in [-0.2, 0) is 0 Å². The lowest BCUT2D eigenvalue weighted by molar-refractivity contribution is 0.102. The van der Waals surface area contributed by atoms with E-state index < -0.39 is 0 Å². The Bertz CT molecular complexity index is 266. The van der Waals surface area contributed by atoms with Crippen molar-refractivity contribution in [3.05, 3.63) is 0 Å². The monoisotopic (exact) mass is 312 g/mol. The number of piperazine rings is 1. The van der Waals surface area contributed by atoms with Crippen LogP contribution in [0, 0.1) is 5.92 Å². The minimum Gasteiger partial charge on any atom is -0.311 e. The third-order valence-electron chi connectivity index (χ3n) is 5.49. The van der Waals surface area contributed by atoms with Crippen LogP contribution in [0.3, 0.4) is 0 Å². The van der Waals surface area contributed by atoms with E-state index in [1.54, 1.807) is 0 Å². The molecule has 0 aromatic heterocycles. The summed E-state index contributed by atoms with van der Waals surface area (Å²) >= 11 is 1.99. The number of rotatable bonds is 8. The highest BCUT2D eigenvalue weighted by molar-refractivity contribution is 7.98.